The standard InChI is InChI=1S/C35H33ClN2O6S/c1-5-18-43-27-15-11-25(12-16-27)32-31(34(40)42-7-3)22(4)37-35-38(32)33(39)30(45-35)20-24-10-17-28(29(19-24)41-6-2)44-21-23-8-13-26(36)14-9-23/h5,8-17,19-20,32H,1,6-7,18,21H2,2-4H3/b30-20-/t32-/m1/s1. The topological polar surface area (TPSA) is 88.4 Å². The van der Waals surface area contributed by atoms with Crippen molar-refractivity contribution in [2.24, 2.45) is 4.99 Å². The summed E-state index contributed by atoms with van der Waals surface area (Å²) in [5.74, 6) is 1.28. The highest BCUT2D eigenvalue weighted by Gasteiger charge is 2.33. The van der Waals surface area contributed by atoms with Gasteiger partial charge in [-0.05, 0) is 79.9 Å². The zero-order valence-corrected chi connectivity index (χ0v) is 26.8. The molecule has 0 saturated carbocycles. The third-order valence-electron chi connectivity index (χ3n) is 6.95. The van der Waals surface area contributed by atoms with Crippen LogP contribution in [0.15, 0.2) is 100 Å². The molecule has 1 aromatic heterocycles. The van der Waals surface area contributed by atoms with E-state index in [9.17, 15) is 9.59 Å². The third kappa shape index (κ3) is 7.21. The van der Waals surface area contributed by atoms with E-state index in [1.165, 1.54) is 11.3 Å². The predicted molar refractivity (Wildman–Crippen MR) is 176 cm³/mol. The molecule has 0 saturated heterocycles. The molecular weight excluding hydrogens is 612 g/mol. The number of carbonyl (C=O) groups excluding carboxylic acids is 1. The average molecular weight is 645 g/mol. The first-order chi connectivity index (χ1) is 21.8. The van der Waals surface area contributed by atoms with Crippen LogP contribution in [-0.2, 0) is 16.1 Å². The van der Waals surface area contributed by atoms with Gasteiger partial charge in [-0.15, -0.1) is 0 Å². The van der Waals surface area contributed by atoms with Crippen molar-refractivity contribution in [3.8, 4) is 17.2 Å². The molecule has 0 radical (unpaired) electrons. The van der Waals surface area contributed by atoms with E-state index in [0.717, 1.165) is 16.7 Å². The van der Waals surface area contributed by atoms with Gasteiger partial charge in [0.25, 0.3) is 5.56 Å². The lowest BCUT2D eigenvalue weighted by Gasteiger charge is -2.24. The molecule has 0 unspecified atom stereocenters. The molecule has 2 heterocycles. The fraction of sp³-hybridized carbons (Fsp3) is 0.229. The predicted octanol–water partition coefficient (Wildman–Crippen LogP) is 5.99. The van der Waals surface area contributed by atoms with Crippen molar-refractivity contribution >= 4 is 35.0 Å². The Morgan fingerprint density at radius 2 is 1.76 bits per heavy atom. The normalized spacial score (nSPS) is 14.4. The minimum Gasteiger partial charge on any atom is -0.490 e. The van der Waals surface area contributed by atoms with Crippen LogP contribution in [-0.4, -0.2) is 30.4 Å². The van der Waals surface area contributed by atoms with Crippen molar-refractivity contribution in [2.75, 3.05) is 19.8 Å². The smallest absolute Gasteiger partial charge is 0.338 e. The van der Waals surface area contributed by atoms with Crippen LogP contribution < -0.4 is 29.1 Å². The number of hydrogen-bond donors (Lipinski definition) is 0. The number of carbonyl (C=O) groups is 1. The van der Waals surface area contributed by atoms with Crippen molar-refractivity contribution in [1.82, 2.24) is 4.57 Å². The fourth-order valence-corrected chi connectivity index (χ4v) is 6.08. The number of ether oxygens (including phenoxy) is 4. The van der Waals surface area contributed by atoms with Gasteiger partial charge >= 0.3 is 5.97 Å². The lowest BCUT2D eigenvalue weighted by Crippen LogP contribution is -2.39. The quantitative estimate of drug-likeness (QED) is 0.139. The first kappa shape index (κ1) is 31.8. The SMILES string of the molecule is C=CCOc1ccc([C@@H]2C(C(=O)OCC)=C(C)N=c3s/c(=C\c4ccc(OCc5ccc(Cl)cc5)c(OCC)c4)c(=O)n32)cc1. The van der Waals surface area contributed by atoms with E-state index in [1.54, 1.807) is 42.7 Å². The summed E-state index contributed by atoms with van der Waals surface area (Å²) in [5.41, 5.74) is 3.00. The fourth-order valence-electron chi connectivity index (χ4n) is 4.90. The Morgan fingerprint density at radius 3 is 2.44 bits per heavy atom. The van der Waals surface area contributed by atoms with E-state index >= 15 is 0 Å². The average Bonchev–Trinajstić information content (AvgIpc) is 3.34. The molecule has 1 atom stereocenters. The summed E-state index contributed by atoms with van der Waals surface area (Å²) in [4.78, 5) is 32.3. The van der Waals surface area contributed by atoms with E-state index in [2.05, 4.69) is 11.6 Å². The molecule has 45 heavy (non-hydrogen) atoms. The molecule has 1 aliphatic heterocycles. The second kappa shape index (κ2) is 14.5. The molecule has 1 aliphatic rings. The number of nitrogens with zero attached hydrogens (tertiary/aromatic N) is 2. The Balaban J connectivity index is 1.53. The van der Waals surface area contributed by atoms with Crippen molar-refractivity contribution in [3.63, 3.8) is 0 Å². The number of fused-ring (bicyclic) bond motifs is 1. The highest BCUT2D eigenvalue weighted by atomic mass is 35.5. The second-order valence-electron chi connectivity index (χ2n) is 10.0. The summed E-state index contributed by atoms with van der Waals surface area (Å²) in [6, 6.07) is 19.6. The van der Waals surface area contributed by atoms with Crippen LogP contribution in [0, 0.1) is 0 Å². The first-order valence-electron chi connectivity index (χ1n) is 14.5. The highest BCUT2D eigenvalue weighted by Crippen LogP contribution is 2.32. The Labute approximate surface area is 270 Å². The third-order valence-corrected chi connectivity index (χ3v) is 8.19. The molecular formula is C35H33ClN2O6S. The molecule has 3 aromatic carbocycles. The lowest BCUT2D eigenvalue weighted by atomic mass is 9.96. The number of allylic oxidation sites excluding steroid dienone is 1. The van der Waals surface area contributed by atoms with Crippen LogP contribution in [0.5, 0.6) is 17.2 Å². The molecule has 8 nitrogen and oxygen atoms in total. The van der Waals surface area contributed by atoms with Crippen molar-refractivity contribution in [2.45, 2.75) is 33.4 Å². The van der Waals surface area contributed by atoms with Gasteiger partial charge in [0.1, 0.15) is 19.0 Å². The Hall–Kier alpha value is -4.60. The van der Waals surface area contributed by atoms with Gasteiger partial charge in [0.05, 0.1) is 35.1 Å². The van der Waals surface area contributed by atoms with Crippen LogP contribution >= 0.6 is 22.9 Å². The highest BCUT2D eigenvalue weighted by molar-refractivity contribution is 7.07. The number of benzene rings is 3. The molecule has 5 rings (SSSR count). The number of rotatable bonds is 12. The number of hydrogen-bond acceptors (Lipinski definition) is 8. The Morgan fingerprint density at radius 1 is 1.00 bits per heavy atom. The van der Waals surface area contributed by atoms with Gasteiger partial charge in [0.15, 0.2) is 16.3 Å². The van der Waals surface area contributed by atoms with Crippen LogP contribution in [0.4, 0.5) is 0 Å². The number of thiazole rings is 1. The Bertz CT molecular complexity index is 1910. The van der Waals surface area contributed by atoms with Gasteiger partial charge in [-0.25, -0.2) is 9.79 Å². The molecule has 4 aromatic rings. The molecule has 0 N–H and O–H groups in total. The molecule has 10 heteroatoms. The minimum atomic E-state index is -0.724. The van der Waals surface area contributed by atoms with E-state index < -0.39 is 12.0 Å². The van der Waals surface area contributed by atoms with Gasteiger partial charge in [-0.1, -0.05) is 65.9 Å². The lowest BCUT2D eigenvalue weighted by molar-refractivity contribution is -0.139. The Kier molecular flexibility index (Phi) is 10.2. The number of aromatic nitrogens is 1. The van der Waals surface area contributed by atoms with E-state index in [-0.39, 0.29) is 12.2 Å². The zero-order valence-electron chi connectivity index (χ0n) is 25.2. The first-order valence-corrected chi connectivity index (χ1v) is 15.7. The van der Waals surface area contributed by atoms with Gasteiger partial charge < -0.3 is 18.9 Å². The molecule has 0 fully saturated rings. The second-order valence-corrected chi connectivity index (χ2v) is 11.5. The summed E-state index contributed by atoms with van der Waals surface area (Å²) >= 11 is 7.26. The van der Waals surface area contributed by atoms with E-state index in [1.807, 2.05) is 61.5 Å². The zero-order chi connectivity index (χ0) is 31.9. The summed E-state index contributed by atoms with van der Waals surface area (Å²) < 4.78 is 25.0. The van der Waals surface area contributed by atoms with Gasteiger partial charge in [0, 0.05) is 5.02 Å². The largest absolute Gasteiger partial charge is 0.490 e. The summed E-state index contributed by atoms with van der Waals surface area (Å²) in [5, 5.41) is 0.661. The number of esters is 1. The van der Waals surface area contributed by atoms with E-state index in [4.69, 9.17) is 30.5 Å². The van der Waals surface area contributed by atoms with Crippen molar-refractivity contribution in [1.29, 1.82) is 0 Å². The minimum absolute atomic E-state index is 0.197. The van der Waals surface area contributed by atoms with Crippen LogP contribution in [0.1, 0.15) is 43.5 Å². The molecule has 0 spiro atoms. The van der Waals surface area contributed by atoms with Gasteiger partial charge in [0.2, 0.25) is 0 Å². The number of halogens is 1. The van der Waals surface area contributed by atoms with Crippen molar-refractivity contribution < 1.29 is 23.7 Å². The van der Waals surface area contributed by atoms with Crippen LogP contribution in [0.2, 0.25) is 5.02 Å². The van der Waals surface area contributed by atoms with Crippen LogP contribution in [0.3, 0.4) is 0 Å². The molecule has 0 amide bonds. The van der Waals surface area contributed by atoms with Crippen LogP contribution in [0.25, 0.3) is 6.08 Å². The maximum atomic E-state index is 14.0. The molecule has 232 valence electrons. The maximum absolute atomic E-state index is 14.0. The summed E-state index contributed by atoms with van der Waals surface area (Å²) in [6.07, 6.45) is 3.46. The monoisotopic (exact) mass is 644 g/mol. The van der Waals surface area contributed by atoms with Crippen molar-refractivity contribution in [3.05, 3.63) is 132 Å². The van der Waals surface area contributed by atoms with E-state index in [0.29, 0.717) is 62.7 Å². The van der Waals surface area contributed by atoms with Gasteiger partial charge in [-0.2, -0.15) is 0 Å². The molecule has 0 aliphatic carbocycles. The molecule has 0 bridgehead atoms. The van der Waals surface area contributed by atoms with Gasteiger partial charge in [-0.3, -0.25) is 9.36 Å². The summed E-state index contributed by atoms with van der Waals surface area (Å²) in [7, 11) is 0. The maximum Gasteiger partial charge on any atom is 0.338 e. The summed E-state index contributed by atoms with van der Waals surface area (Å²) in [6.45, 7) is 10.4.